The van der Waals surface area contributed by atoms with Gasteiger partial charge in [-0.3, -0.25) is 15.1 Å². The van der Waals surface area contributed by atoms with E-state index in [9.17, 15) is 4.79 Å². The lowest BCUT2D eigenvalue weighted by molar-refractivity contribution is -0.138. The normalized spacial score (nSPS) is 15.0. The molecular weight excluding hydrogens is 352 g/mol. The van der Waals surface area contributed by atoms with Crippen molar-refractivity contribution in [2.24, 2.45) is 0 Å². The first-order valence-electron chi connectivity index (χ1n) is 9.52. The van der Waals surface area contributed by atoms with E-state index in [0.29, 0.717) is 18.8 Å². The van der Waals surface area contributed by atoms with E-state index in [2.05, 4.69) is 39.3 Å². The van der Waals surface area contributed by atoms with E-state index in [0.717, 1.165) is 34.7 Å². The maximum Gasteiger partial charge on any atom is 0.270 e. The number of H-pyrrole nitrogens is 1. The summed E-state index contributed by atoms with van der Waals surface area (Å²) in [6.45, 7) is 6.10. The summed E-state index contributed by atoms with van der Waals surface area (Å²) in [7, 11) is 0. The molecule has 28 heavy (non-hydrogen) atoms. The number of nitrogens with one attached hydrogen (secondary N) is 2. The molecule has 0 unspecified atom stereocenters. The number of hydrogen-bond acceptors (Lipinski definition) is 4. The van der Waals surface area contributed by atoms with Crippen molar-refractivity contribution in [2.75, 3.05) is 5.32 Å². The van der Waals surface area contributed by atoms with Crippen LogP contribution in [0.3, 0.4) is 0 Å². The minimum atomic E-state index is -0.845. The van der Waals surface area contributed by atoms with Gasteiger partial charge in [-0.1, -0.05) is 23.8 Å². The molecule has 144 valence electrons. The fraction of sp³-hybridized carbons (Fsp3) is 0.318. The molecule has 0 radical (unpaired) electrons. The van der Waals surface area contributed by atoms with Crippen LogP contribution in [-0.2, 0) is 4.79 Å². The van der Waals surface area contributed by atoms with Gasteiger partial charge in [0.25, 0.3) is 5.91 Å². The Hall–Kier alpha value is -3.15. The molecule has 0 saturated heterocycles. The molecule has 0 aliphatic heterocycles. The third kappa shape index (κ3) is 3.38. The lowest BCUT2D eigenvalue weighted by Gasteiger charge is -2.40. The molecule has 4 rings (SSSR count). The van der Waals surface area contributed by atoms with E-state index in [1.54, 1.807) is 12.4 Å². The highest BCUT2D eigenvalue weighted by atomic mass is 16.5. The number of amides is 1. The number of ether oxygens (including phenoxy) is 1. The van der Waals surface area contributed by atoms with Gasteiger partial charge < -0.3 is 9.72 Å². The summed E-state index contributed by atoms with van der Waals surface area (Å²) in [4.78, 5) is 24.7. The Morgan fingerprint density at radius 1 is 1.14 bits per heavy atom. The maximum atomic E-state index is 13.0. The van der Waals surface area contributed by atoms with Crippen molar-refractivity contribution in [3.05, 3.63) is 59.4 Å². The molecule has 6 heteroatoms. The molecule has 1 fully saturated rings. The molecule has 2 N–H and O–H groups in total. The molecule has 0 spiro atoms. The first-order chi connectivity index (χ1) is 13.5. The molecule has 1 aliphatic carbocycles. The highest BCUT2D eigenvalue weighted by Crippen LogP contribution is 2.40. The summed E-state index contributed by atoms with van der Waals surface area (Å²) in [6, 6.07) is 9.81. The van der Waals surface area contributed by atoms with Gasteiger partial charge in [0.2, 0.25) is 5.95 Å². The SMILES string of the molecule is Cc1cc(C)c(OC2(C(=O)Nc3ncc(-c4ccccn4)[nH]3)CCC2)c(C)c1. The van der Waals surface area contributed by atoms with Gasteiger partial charge in [0.15, 0.2) is 5.60 Å². The molecule has 2 aromatic heterocycles. The lowest BCUT2D eigenvalue weighted by atomic mass is 9.79. The van der Waals surface area contributed by atoms with Crippen molar-refractivity contribution in [3.63, 3.8) is 0 Å². The number of pyridine rings is 1. The van der Waals surface area contributed by atoms with Crippen LogP contribution in [0.5, 0.6) is 5.75 Å². The first kappa shape index (κ1) is 18.2. The number of carbonyl (C=O) groups is 1. The van der Waals surface area contributed by atoms with Gasteiger partial charge in [-0.15, -0.1) is 0 Å². The fourth-order valence-corrected chi connectivity index (χ4v) is 3.65. The Labute approximate surface area is 164 Å². The standard InChI is InChI=1S/C22H24N4O2/c1-14-11-15(2)19(16(3)12-14)28-22(8-6-9-22)20(27)26-21-24-13-18(25-21)17-7-4-5-10-23-17/h4-5,7,10-13H,6,8-9H2,1-3H3,(H2,24,25,26,27). The molecule has 3 aromatic rings. The van der Waals surface area contributed by atoms with Gasteiger partial charge >= 0.3 is 0 Å². The van der Waals surface area contributed by atoms with Crippen molar-refractivity contribution in [3.8, 4) is 17.1 Å². The van der Waals surface area contributed by atoms with Crippen LogP contribution < -0.4 is 10.1 Å². The molecule has 6 nitrogen and oxygen atoms in total. The summed E-state index contributed by atoms with van der Waals surface area (Å²) in [5.74, 6) is 1.03. The third-order valence-electron chi connectivity index (χ3n) is 5.23. The van der Waals surface area contributed by atoms with Gasteiger partial charge in [-0.25, -0.2) is 4.98 Å². The molecule has 1 aromatic carbocycles. The van der Waals surface area contributed by atoms with E-state index in [1.165, 1.54) is 5.56 Å². The van der Waals surface area contributed by atoms with Crippen molar-refractivity contribution in [2.45, 2.75) is 45.6 Å². The summed E-state index contributed by atoms with van der Waals surface area (Å²) in [5, 5.41) is 2.89. The number of aromatic amines is 1. The number of carbonyl (C=O) groups excluding carboxylic acids is 1. The van der Waals surface area contributed by atoms with Crippen molar-refractivity contribution >= 4 is 11.9 Å². The topological polar surface area (TPSA) is 79.9 Å². The van der Waals surface area contributed by atoms with Crippen LogP contribution in [0.1, 0.15) is 36.0 Å². The number of aromatic nitrogens is 3. The van der Waals surface area contributed by atoms with Crippen molar-refractivity contribution in [1.29, 1.82) is 0 Å². The van der Waals surface area contributed by atoms with Gasteiger partial charge in [-0.2, -0.15) is 0 Å². The van der Waals surface area contributed by atoms with E-state index in [-0.39, 0.29) is 5.91 Å². The quantitative estimate of drug-likeness (QED) is 0.694. The average Bonchev–Trinajstić information content (AvgIpc) is 3.09. The molecule has 2 heterocycles. The minimum absolute atomic E-state index is 0.167. The molecule has 1 amide bonds. The number of anilines is 1. The molecule has 0 bridgehead atoms. The Bertz CT molecular complexity index is 983. The van der Waals surface area contributed by atoms with Gasteiger partial charge in [0.1, 0.15) is 5.75 Å². The number of imidazole rings is 1. The summed E-state index contributed by atoms with van der Waals surface area (Å²) in [5.41, 5.74) is 3.97. The first-order valence-corrected chi connectivity index (χ1v) is 9.52. The van der Waals surface area contributed by atoms with Crippen LogP contribution in [0, 0.1) is 20.8 Å². The van der Waals surface area contributed by atoms with E-state index in [4.69, 9.17) is 4.74 Å². The van der Waals surface area contributed by atoms with Gasteiger partial charge in [-0.05, 0) is 63.3 Å². The van der Waals surface area contributed by atoms with E-state index < -0.39 is 5.60 Å². The average molecular weight is 376 g/mol. The second-order valence-corrected chi connectivity index (χ2v) is 7.49. The van der Waals surface area contributed by atoms with Crippen LogP contribution in [0.15, 0.2) is 42.7 Å². The highest BCUT2D eigenvalue weighted by molar-refractivity contribution is 5.97. The number of benzene rings is 1. The summed E-state index contributed by atoms with van der Waals surface area (Å²) < 4.78 is 6.31. The smallest absolute Gasteiger partial charge is 0.270 e. The minimum Gasteiger partial charge on any atom is -0.477 e. The molecular formula is C22H24N4O2. The van der Waals surface area contributed by atoms with Crippen LogP contribution in [0.2, 0.25) is 0 Å². The van der Waals surface area contributed by atoms with Gasteiger partial charge in [0, 0.05) is 6.20 Å². The fourth-order valence-electron chi connectivity index (χ4n) is 3.65. The molecule has 0 atom stereocenters. The summed E-state index contributed by atoms with van der Waals surface area (Å²) in [6.07, 6.45) is 5.74. The maximum absolute atomic E-state index is 13.0. The monoisotopic (exact) mass is 376 g/mol. The summed E-state index contributed by atoms with van der Waals surface area (Å²) >= 11 is 0. The zero-order valence-electron chi connectivity index (χ0n) is 16.4. The van der Waals surface area contributed by atoms with E-state index in [1.807, 2.05) is 32.0 Å². The number of nitrogens with zero attached hydrogens (tertiary/aromatic N) is 2. The van der Waals surface area contributed by atoms with Crippen molar-refractivity contribution < 1.29 is 9.53 Å². The largest absolute Gasteiger partial charge is 0.477 e. The number of rotatable bonds is 5. The zero-order chi connectivity index (χ0) is 19.7. The Balaban J connectivity index is 1.53. The highest BCUT2D eigenvalue weighted by Gasteiger charge is 2.47. The predicted octanol–water partition coefficient (Wildman–Crippen LogP) is 4.34. The second kappa shape index (κ2) is 7.11. The Kier molecular flexibility index (Phi) is 4.63. The van der Waals surface area contributed by atoms with Crippen LogP contribution >= 0.6 is 0 Å². The predicted molar refractivity (Wildman–Crippen MR) is 108 cm³/mol. The van der Waals surface area contributed by atoms with Crippen LogP contribution in [-0.4, -0.2) is 26.5 Å². The lowest BCUT2D eigenvalue weighted by Crippen LogP contribution is -2.53. The van der Waals surface area contributed by atoms with E-state index >= 15 is 0 Å². The Morgan fingerprint density at radius 3 is 2.50 bits per heavy atom. The van der Waals surface area contributed by atoms with Crippen molar-refractivity contribution in [1.82, 2.24) is 15.0 Å². The zero-order valence-corrected chi connectivity index (χ0v) is 16.4. The third-order valence-corrected chi connectivity index (χ3v) is 5.23. The van der Waals surface area contributed by atoms with Gasteiger partial charge in [0.05, 0.1) is 17.6 Å². The molecule has 1 saturated carbocycles. The number of aryl methyl sites for hydroxylation is 3. The Morgan fingerprint density at radius 2 is 1.89 bits per heavy atom. The molecule has 1 aliphatic rings. The number of hydrogen-bond donors (Lipinski definition) is 2. The van der Waals surface area contributed by atoms with Crippen LogP contribution in [0.25, 0.3) is 11.4 Å². The second-order valence-electron chi connectivity index (χ2n) is 7.49. The van der Waals surface area contributed by atoms with Crippen LogP contribution in [0.4, 0.5) is 5.95 Å².